The molecule has 1 aromatic rings. The van der Waals surface area contributed by atoms with Gasteiger partial charge in [-0.3, -0.25) is 9.79 Å². The molecule has 5 heteroatoms. The summed E-state index contributed by atoms with van der Waals surface area (Å²) < 4.78 is 27.2. The third kappa shape index (κ3) is 14.0. The van der Waals surface area contributed by atoms with Crippen LogP contribution < -0.4 is 0 Å². The van der Waals surface area contributed by atoms with E-state index < -0.39 is 11.6 Å². The predicted molar refractivity (Wildman–Crippen MR) is 139 cm³/mol. The summed E-state index contributed by atoms with van der Waals surface area (Å²) in [6.07, 6.45) is 5.23. The van der Waals surface area contributed by atoms with E-state index in [2.05, 4.69) is 32.3 Å². The van der Waals surface area contributed by atoms with E-state index in [0.717, 1.165) is 30.5 Å². The molecule has 1 N–H and O–H groups in total. The second kappa shape index (κ2) is 17.7. The third-order valence-electron chi connectivity index (χ3n) is 3.87. The van der Waals surface area contributed by atoms with E-state index in [4.69, 9.17) is 0 Å². The molecule has 33 heavy (non-hydrogen) atoms. The number of hydrogen-bond donors (Lipinski definition) is 1. The lowest BCUT2D eigenvalue weighted by atomic mass is 10.00. The minimum absolute atomic E-state index is 0.0676. The van der Waals surface area contributed by atoms with E-state index in [1.54, 1.807) is 19.9 Å². The Morgan fingerprint density at radius 3 is 2.09 bits per heavy atom. The highest BCUT2D eigenvalue weighted by atomic mass is 19.1. The molecule has 0 aromatic heterocycles. The summed E-state index contributed by atoms with van der Waals surface area (Å²) in [5.41, 5.74) is 1.82. The maximum absolute atomic E-state index is 13.9. The van der Waals surface area contributed by atoms with Gasteiger partial charge in [-0.2, -0.15) is 0 Å². The van der Waals surface area contributed by atoms with Crippen molar-refractivity contribution in [1.82, 2.24) is 0 Å². The SMILES string of the molecule is C=C(/C=C(C)/C(C)=C/C(O)=C(\C=NCCC)C(C)=O)c1cc(F)ccc1F.CC.CC(C)C. The summed E-state index contributed by atoms with van der Waals surface area (Å²) in [6, 6.07) is 3.17. The first-order valence-corrected chi connectivity index (χ1v) is 11.4. The first-order chi connectivity index (χ1) is 15.4. The van der Waals surface area contributed by atoms with E-state index in [-0.39, 0.29) is 22.7 Å². The molecule has 0 radical (unpaired) electrons. The molecule has 0 saturated heterocycles. The fourth-order valence-corrected chi connectivity index (χ4v) is 2.22. The summed E-state index contributed by atoms with van der Waals surface area (Å²) in [7, 11) is 0. The average Bonchev–Trinajstić information content (AvgIpc) is 2.73. The molecule has 1 aromatic carbocycles. The summed E-state index contributed by atoms with van der Waals surface area (Å²) >= 11 is 0. The molecule has 0 atom stereocenters. The molecule has 0 fully saturated rings. The number of aliphatic hydroxyl groups is 1. The highest BCUT2D eigenvalue weighted by Gasteiger charge is 2.09. The molecule has 0 aliphatic rings. The minimum Gasteiger partial charge on any atom is -0.507 e. The van der Waals surface area contributed by atoms with Crippen molar-refractivity contribution < 1.29 is 18.7 Å². The van der Waals surface area contributed by atoms with Gasteiger partial charge >= 0.3 is 0 Å². The molecule has 0 aliphatic heterocycles. The lowest BCUT2D eigenvalue weighted by Gasteiger charge is -2.07. The van der Waals surface area contributed by atoms with Gasteiger partial charge in [0.2, 0.25) is 0 Å². The summed E-state index contributed by atoms with van der Waals surface area (Å²) in [5, 5.41) is 10.3. The largest absolute Gasteiger partial charge is 0.507 e. The molecule has 0 heterocycles. The maximum Gasteiger partial charge on any atom is 0.165 e. The Hall–Kier alpha value is -2.82. The van der Waals surface area contributed by atoms with Gasteiger partial charge in [-0.1, -0.05) is 54.2 Å². The molecule has 1 rings (SSSR count). The van der Waals surface area contributed by atoms with Gasteiger partial charge in [0.05, 0.1) is 5.57 Å². The number of aliphatic hydroxyl groups excluding tert-OH is 1. The van der Waals surface area contributed by atoms with E-state index in [9.17, 15) is 18.7 Å². The number of Topliss-reactive ketones (excluding diaryl/α,β-unsaturated/α-hetero) is 1. The quantitative estimate of drug-likeness (QED) is 0.183. The molecular formula is C28H41F2NO2. The van der Waals surface area contributed by atoms with Crippen molar-refractivity contribution in [3.63, 3.8) is 0 Å². The molecule has 0 saturated carbocycles. The smallest absolute Gasteiger partial charge is 0.165 e. The zero-order valence-electron chi connectivity index (χ0n) is 21.7. The Balaban J connectivity index is 0. The highest BCUT2D eigenvalue weighted by molar-refractivity contribution is 6.12. The molecule has 184 valence electrons. The Kier molecular flexibility index (Phi) is 17.4. The number of carbonyl (C=O) groups is 1. The Labute approximate surface area is 199 Å². The van der Waals surface area contributed by atoms with Gasteiger partial charge in [0, 0.05) is 18.3 Å². The number of benzene rings is 1. The number of carbonyl (C=O) groups excluding carboxylic acids is 1. The molecular weight excluding hydrogens is 420 g/mol. The topological polar surface area (TPSA) is 49.7 Å². The summed E-state index contributed by atoms with van der Waals surface area (Å²) in [6.45, 7) is 21.6. The van der Waals surface area contributed by atoms with Crippen LogP contribution in [0.5, 0.6) is 0 Å². The van der Waals surface area contributed by atoms with Crippen molar-refractivity contribution in [2.75, 3.05) is 6.54 Å². The maximum atomic E-state index is 13.9. The number of hydrogen-bond acceptors (Lipinski definition) is 3. The van der Waals surface area contributed by atoms with Crippen molar-refractivity contribution in [1.29, 1.82) is 0 Å². The molecule has 0 spiro atoms. The molecule has 0 amide bonds. The number of allylic oxidation sites excluding steroid dienone is 6. The van der Waals surface area contributed by atoms with Gasteiger partial charge in [-0.15, -0.1) is 0 Å². The number of halogens is 2. The van der Waals surface area contributed by atoms with Crippen LogP contribution in [-0.4, -0.2) is 23.6 Å². The van der Waals surface area contributed by atoms with Crippen LogP contribution >= 0.6 is 0 Å². The second-order valence-corrected chi connectivity index (χ2v) is 7.93. The van der Waals surface area contributed by atoms with Crippen LogP contribution in [0.4, 0.5) is 8.78 Å². The van der Waals surface area contributed by atoms with E-state index in [1.165, 1.54) is 19.2 Å². The van der Waals surface area contributed by atoms with Crippen LogP contribution in [0, 0.1) is 17.6 Å². The molecule has 0 bridgehead atoms. The number of aliphatic imine (C=N–C) groups is 1. The second-order valence-electron chi connectivity index (χ2n) is 7.93. The molecule has 0 unspecified atom stereocenters. The normalized spacial score (nSPS) is 12.5. The zero-order valence-corrected chi connectivity index (χ0v) is 21.7. The van der Waals surface area contributed by atoms with E-state index in [1.807, 2.05) is 20.8 Å². The zero-order chi connectivity index (χ0) is 26.1. The van der Waals surface area contributed by atoms with Crippen molar-refractivity contribution in [2.45, 2.75) is 68.7 Å². The standard InChI is InChI=1S/C22H25F2NO2.C4H10.C2H6/c1-6-9-25-13-20(17(5)26)22(27)11-15(3)14(2)10-16(4)19-12-18(23)7-8-21(19)24;1-4(2)3;1-2/h7-8,10-13,27H,4,6,9H2,1-3,5H3;4H,1-3H3;1-2H3/b14-10+,15-11+,22-20-,25-13?;;. The van der Waals surface area contributed by atoms with E-state index in [0.29, 0.717) is 23.3 Å². The number of rotatable bonds is 8. The average molecular weight is 462 g/mol. The van der Waals surface area contributed by atoms with Crippen molar-refractivity contribution in [3.8, 4) is 0 Å². The monoisotopic (exact) mass is 461 g/mol. The Morgan fingerprint density at radius 2 is 1.61 bits per heavy atom. The van der Waals surface area contributed by atoms with Crippen molar-refractivity contribution >= 4 is 17.6 Å². The predicted octanol–water partition coefficient (Wildman–Crippen LogP) is 8.44. The van der Waals surface area contributed by atoms with E-state index >= 15 is 0 Å². The molecule has 0 aliphatic carbocycles. The van der Waals surface area contributed by atoms with Crippen molar-refractivity contribution in [3.05, 3.63) is 76.6 Å². The Morgan fingerprint density at radius 1 is 1.09 bits per heavy atom. The van der Waals surface area contributed by atoms with Gasteiger partial charge in [0.15, 0.2) is 5.78 Å². The van der Waals surface area contributed by atoms with Gasteiger partial charge in [0.25, 0.3) is 0 Å². The number of nitrogens with zero attached hydrogens (tertiary/aromatic N) is 1. The van der Waals surface area contributed by atoms with Crippen LogP contribution in [0.3, 0.4) is 0 Å². The first-order valence-electron chi connectivity index (χ1n) is 11.4. The van der Waals surface area contributed by atoms with Crippen LogP contribution in [0.1, 0.15) is 74.3 Å². The summed E-state index contributed by atoms with van der Waals surface area (Å²) in [4.78, 5) is 15.8. The number of ketones is 1. The minimum atomic E-state index is -0.569. The first kappa shape index (κ1) is 32.4. The van der Waals surface area contributed by atoms with Gasteiger partial charge in [0.1, 0.15) is 17.4 Å². The van der Waals surface area contributed by atoms with Crippen molar-refractivity contribution in [2.24, 2.45) is 10.9 Å². The Bertz CT molecular complexity index is 888. The lowest BCUT2D eigenvalue weighted by molar-refractivity contribution is -0.113. The van der Waals surface area contributed by atoms with Gasteiger partial charge in [-0.05, 0) is 74.1 Å². The highest BCUT2D eigenvalue weighted by Crippen LogP contribution is 2.23. The molecule has 3 nitrogen and oxygen atoms in total. The van der Waals surface area contributed by atoms with Crippen LogP contribution in [0.15, 0.2) is 64.4 Å². The van der Waals surface area contributed by atoms with Gasteiger partial charge < -0.3 is 5.11 Å². The summed E-state index contributed by atoms with van der Waals surface area (Å²) in [5.74, 6) is -0.788. The van der Waals surface area contributed by atoms with Gasteiger partial charge in [-0.25, -0.2) is 8.78 Å². The third-order valence-corrected chi connectivity index (χ3v) is 3.87. The van der Waals surface area contributed by atoms with Crippen LogP contribution in [0.25, 0.3) is 5.57 Å². The lowest BCUT2D eigenvalue weighted by Crippen LogP contribution is -2.03. The van der Waals surface area contributed by atoms with Crippen LogP contribution in [-0.2, 0) is 4.79 Å². The fourth-order valence-electron chi connectivity index (χ4n) is 2.22. The van der Waals surface area contributed by atoms with Crippen LogP contribution in [0.2, 0.25) is 0 Å². The fraction of sp³-hybridized carbons (Fsp3) is 0.429.